The van der Waals surface area contributed by atoms with E-state index in [1.54, 1.807) is 7.11 Å². The third-order valence-corrected chi connectivity index (χ3v) is 3.56. The largest absolute Gasteiger partial charge is 0.383 e. The minimum atomic E-state index is 0. The van der Waals surface area contributed by atoms with Gasteiger partial charge >= 0.3 is 0 Å². The van der Waals surface area contributed by atoms with Crippen molar-refractivity contribution in [1.29, 1.82) is 0 Å². The standard InChI is InChI=1S/C15H23N3O.HI/c1-16-15(17-9-11-19-2)18-10-8-14(12-18)13-6-4-3-5-7-13;/h3-7,14H,8-12H2,1-2H3,(H,16,17);1H. The number of guanidine groups is 1. The fourth-order valence-electron chi connectivity index (χ4n) is 2.55. The lowest BCUT2D eigenvalue weighted by molar-refractivity contribution is 0.203. The fraction of sp³-hybridized carbons (Fsp3) is 0.533. The van der Waals surface area contributed by atoms with E-state index >= 15 is 0 Å². The zero-order chi connectivity index (χ0) is 13.5. The molecular weight excluding hydrogens is 365 g/mol. The van der Waals surface area contributed by atoms with Crippen LogP contribution in [-0.4, -0.2) is 51.3 Å². The Kier molecular flexibility index (Phi) is 7.91. The molecule has 1 aliphatic rings. The summed E-state index contributed by atoms with van der Waals surface area (Å²) in [6.45, 7) is 3.60. The SMILES string of the molecule is CN=C(NCCOC)N1CCC(c2ccccc2)C1.I. The molecule has 2 rings (SSSR count). The van der Waals surface area contributed by atoms with E-state index in [1.807, 2.05) is 7.05 Å². The summed E-state index contributed by atoms with van der Waals surface area (Å²) in [5.41, 5.74) is 1.43. The van der Waals surface area contributed by atoms with E-state index in [-0.39, 0.29) is 24.0 Å². The van der Waals surface area contributed by atoms with Gasteiger partial charge in [-0.3, -0.25) is 4.99 Å². The topological polar surface area (TPSA) is 36.9 Å². The molecule has 1 fully saturated rings. The molecule has 0 amide bonds. The molecule has 0 saturated carbocycles. The summed E-state index contributed by atoms with van der Waals surface area (Å²) in [7, 11) is 3.55. The van der Waals surface area contributed by atoms with E-state index in [2.05, 4.69) is 45.5 Å². The molecule has 1 aromatic carbocycles. The van der Waals surface area contributed by atoms with Crippen molar-refractivity contribution in [3.63, 3.8) is 0 Å². The number of benzene rings is 1. The highest BCUT2D eigenvalue weighted by Crippen LogP contribution is 2.26. The number of hydrogen-bond acceptors (Lipinski definition) is 2. The molecule has 5 heteroatoms. The van der Waals surface area contributed by atoms with Crippen LogP contribution in [0.15, 0.2) is 35.3 Å². The second-order valence-corrected chi connectivity index (χ2v) is 4.81. The lowest BCUT2D eigenvalue weighted by atomic mass is 9.99. The van der Waals surface area contributed by atoms with Gasteiger partial charge in [-0.2, -0.15) is 0 Å². The predicted molar refractivity (Wildman–Crippen MR) is 94.0 cm³/mol. The van der Waals surface area contributed by atoms with Gasteiger partial charge in [-0.15, -0.1) is 24.0 Å². The van der Waals surface area contributed by atoms with E-state index in [0.717, 1.165) is 25.6 Å². The van der Waals surface area contributed by atoms with Crippen molar-refractivity contribution in [2.45, 2.75) is 12.3 Å². The Labute approximate surface area is 138 Å². The maximum absolute atomic E-state index is 5.05. The van der Waals surface area contributed by atoms with Gasteiger partial charge in [-0.05, 0) is 12.0 Å². The lowest BCUT2D eigenvalue weighted by Crippen LogP contribution is -2.41. The minimum absolute atomic E-state index is 0. The van der Waals surface area contributed by atoms with Crippen LogP contribution in [0.2, 0.25) is 0 Å². The first kappa shape index (κ1) is 17.2. The molecule has 20 heavy (non-hydrogen) atoms. The summed E-state index contributed by atoms with van der Waals surface area (Å²) in [6, 6.07) is 10.7. The van der Waals surface area contributed by atoms with E-state index in [9.17, 15) is 0 Å². The molecule has 1 saturated heterocycles. The van der Waals surface area contributed by atoms with Gasteiger partial charge in [-0.1, -0.05) is 30.3 Å². The van der Waals surface area contributed by atoms with Crippen molar-refractivity contribution < 1.29 is 4.74 Å². The highest BCUT2D eigenvalue weighted by molar-refractivity contribution is 14.0. The Balaban J connectivity index is 0.00000200. The normalized spacial score (nSPS) is 18.8. The third kappa shape index (κ3) is 4.63. The summed E-state index contributed by atoms with van der Waals surface area (Å²) < 4.78 is 5.05. The second kappa shape index (κ2) is 9.18. The van der Waals surface area contributed by atoms with Crippen LogP contribution in [0.25, 0.3) is 0 Å². The molecule has 1 atom stereocenters. The molecule has 112 valence electrons. The zero-order valence-electron chi connectivity index (χ0n) is 12.2. The summed E-state index contributed by atoms with van der Waals surface area (Å²) in [4.78, 5) is 6.67. The third-order valence-electron chi connectivity index (χ3n) is 3.56. The van der Waals surface area contributed by atoms with Gasteiger partial charge in [0.1, 0.15) is 0 Å². The van der Waals surface area contributed by atoms with E-state index < -0.39 is 0 Å². The molecule has 0 aromatic heterocycles. The molecular formula is C15H24IN3O. The summed E-state index contributed by atoms with van der Waals surface area (Å²) >= 11 is 0. The maximum atomic E-state index is 5.05. The van der Waals surface area contributed by atoms with E-state index in [4.69, 9.17) is 4.74 Å². The Bertz CT molecular complexity index is 411. The number of nitrogens with zero attached hydrogens (tertiary/aromatic N) is 2. The monoisotopic (exact) mass is 389 g/mol. The molecule has 0 aliphatic carbocycles. The molecule has 0 bridgehead atoms. The Hall–Kier alpha value is -0.820. The minimum Gasteiger partial charge on any atom is -0.383 e. The van der Waals surface area contributed by atoms with E-state index in [1.165, 1.54) is 12.0 Å². The first-order chi connectivity index (χ1) is 9.35. The fourth-order valence-corrected chi connectivity index (χ4v) is 2.55. The number of likely N-dealkylation sites (tertiary alicyclic amines) is 1. The number of methoxy groups -OCH3 is 1. The number of nitrogens with one attached hydrogen (secondary N) is 1. The molecule has 1 unspecified atom stereocenters. The van der Waals surface area contributed by atoms with Crippen LogP contribution >= 0.6 is 24.0 Å². The van der Waals surface area contributed by atoms with Gasteiger partial charge in [0.05, 0.1) is 6.61 Å². The molecule has 1 aliphatic heterocycles. The van der Waals surface area contributed by atoms with Crippen LogP contribution in [0.4, 0.5) is 0 Å². The summed E-state index contributed by atoms with van der Waals surface area (Å²) in [5, 5.41) is 3.34. The Morgan fingerprint density at radius 3 is 2.80 bits per heavy atom. The zero-order valence-corrected chi connectivity index (χ0v) is 14.5. The second-order valence-electron chi connectivity index (χ2n) is 4.81. The van der Waals surface area contributed by atoms with Gasteiger partial charge in [-0.25, -0.2) is 0 Å². The quantitative estimate of drug-likeness (QED) is 0.372. The highest BCUT2D eigenvalue weighted by atomic mass is 127. The lowest BCUT2D eigenvalue weighted by Gasteiger charge is -2.21. The first-order valence-corrected chi connectivity index (χ1v) is 6.84. The van der Waals surface area contributed by atoms with Crippen LogP contribution < -0.4 is 5.32 Å². The van der Waals surface area contributed by atoms with Crippen molar-refractivity contribution in [2.75, 3.05) is 40.4 Å². The van der Waals surface area contributed by atoms with Crippen LogP contribution in [0.5, 0.6) is 0 Å². The molecule has 1 N–H and O–H groups in total. The Morgan fingerprint density at radius 2 is 2.15 bits per heavy atom. The van der Waals surface area contributed by atoms with Gasteiger partial charge in [0, 0.05) is 39.7 Å². The number of aliphatic imine (C=N–C) groups is 1. The van der Waals surface area contributed by atoms with Gasteiger partial charge in [0.2, 0.25) is 0 Å². The molecule has 0 radical (unpaired) electrons. The van der Waals surface area contributed by atoms with Crippen LogP contribution in [0.1, 0.15) is 17.9 Å². The average molecular weight is 389 g/mol. The van der Waals surface area contributed by atoms with Crippen molar-refractivity contribution in [3.05, 3.63) is 35.9 Å². The predicted octanol–water partition coefficient (Wildman–Crippen LogP) is 2.32. The molecule has 1 heterocycles. The average Bonchev–Trinajstić information content (AvgIpc) is 2.94. The maximum Gasteiger partial charge on any atom is 0.193 e. The van der Waals surface area contributed by atoms with Gasteiger partial charge in [0.25, 0.3) is 0 Å². The van der Waals surface area contributed by atoms with Crippen LogP contribution in [-0.2, 0) is 4.74 Å². The number of rotatable bonds is 4. The van der Waals surface area contributed by atoms with Crippen LogP contribution in [0, 0.1) is 0 Å². The van der Waals surface area contributed by atoms with E-state index in [0.29, 0.717) is 12.5 Å². The van der Waals surface area contributed by atoms with Crippen molar-refractivity contribution in [3.8, 4) is 0 Å². The van der Waals surface area contributed by atoms with Crippen molar-refractivity contribution in [1.82, 2.24) is 10.2 Å². The Morgan fingerprint density at radius 1 is 1.40 bits per heavy atom. The first-order valence-electron chi connectivity index (χ1n) is 6.84. The highest BCUT2D eigenvalue weighted by Gasteiger charge is 2.25. The molecule has 4 nitrogen and oxygen atoms in total. The van der Waals surface area contributed by atoms with Crippen molar-refractivity contribution in [2.24, 2.45) is 4.99 Å². The number of halogens is 1. The van der Waals surface area contributed by atoms with Crippen molar-refractivity contribution >= 4 is 29.9 Å². The molecule has 1 aromatic rings. The summed E-state index contributed by atoms with van der Waals surface area (Å²) in [6.07, 6.45) is 1.19. The molecule has 0 spiro atoms. The van der Waals surface area contributed by atoms with Crippen LogP contribution in [0.3, 0.4) is 0 Å². The number of hydrogen-bond donors (Lipinski definition) is 1. The number of ether oxygens (including phenoxy) is 1. The smallest absolute Gasteiger partial charge is 0.193 e. The summed E-state index contributed by atoms with van der Waals surface area (Å²) in [5.74, 6) is 1.60. The van der Waals surface area contributed by atoms with Gasteiger partial charge in [0.15, 0.2) is 5.96 Å². The van der Waals surface area contributed by atoms with Gasteiger partial charge < -0.3 is 15.0 Å².